The first-order valence-electron chi connectivity index (χ1n) is 12.3. The molecule has 1 heterocycles. The molecule has 0 spiro atoms. The Morgan fingerprint density at radius 1 is 1.02 bits per heavy atom. The molecule has 1 aliphatic rings. The van der Waals surface area contributed by atoms with Crippen molar-refractivity contribution in [1.82, 2.24) is 4.90 Å². The Hall–Kier alpha value is -2.69. The van der Waals surface area contributed by atoms with Gasteiger partial charge in [0.15, 0.2) is 16.7 Å². The van der Waals surface area contributed by atoms with Crippen LogP contribution in [0.15, 0.2) is 69.0 Å². The van der Waals surface area contributed by atoms with Crippen LogP contribution in [0.3, 0.4) is 0 Å². The maximum Gasteiger partial charge on any atom is 0.266 e. The van der Waals surface area contributed by atoms with Gasteiger partial charge in [-0.3, -0.25) is 9.69 Å². The molecule has 1 aliphatic heterocycles. The van der Waals surface area contributed by atoms with Crippen molar-refractivity contribution >= 4 is 73.7 Å². The summed E-state index contributed by atoms with van der Waals surface area (Å²) in [6.45, 7) is 3.36. The Balaban J connectivity index is 1.61. The van der Waals surface area contributed by atoms with Crippen LogP contribution in [0.4, 0.5) is 5.69 Å². The molecule has 3 aromatic carbocycles. The second-order valence-corrected chi connectivity index (χ2v) is 11.1. The third kappa shape index (κ3) is 7.53. The molecule has 1 amide bonds. The quantitative estimate of drug-likeness (QED) is 0.193. The number of benzene rings is 3. The van der Waals surface area contributed by atoms with E-state index >= 15 is 0 Å². The first-order valence-corrected chi connectivity index (χ1v) is 14.7. The van der Waals surface area contributed by atoms with Crippen molar-refractivity contribution in [3.63, 3.8) is 0 Å². The minimum absolute atomic E-state index is 0.150. The van der Waals surface area contributed by atoms with Crippen molar-refractivity contribution in [3.05, 3.63) is 85.1 Å². The number of carbonyl (C=O) groups excluding carboxylic acids is 1. The Morgan fingerprint density at radius 3 is 2.48 bits per heavy atom. The molecule has 0 atom stereocenters. The van der Waals surface area contributed by atoms with Crippen LogP contribution in [-0.2, 0) is 16.1 Å². The number of nitrogens with zero attached hydrogens (tertiary/aromatic N) is 2. The maximum atomic E-state index is 13.4. The number of carbonyl (C=O) groups is 1. The van der Waals surface area contributed by atoms with E-state index in [1.165, 1.54) is 11.8 Å². The number of hydrogen-bond acceptors (Lipinski definition) is 7. The van der Waals surface area contributed by atoms with Gasteiger partial charge >= 0.3 is 0 Å². The minimum atomic E-state index is -0.150. The molecule has 0 bridgehead atoms. The predicted octanol–water partition coefficient (Wildman–Crippen LogP) is 7.99. The number of methoxy groups -OCH3 is 2. The van der Waals surface area contributed by atoms with Crippen molar-refractivity contribution in [2.24, 2.45) is 4.99 Å². The van der Waals surface area contributed by atoms with Crippen LogP contribution in [0.1, 0.15) is 18.1 Å². The van der Waals surface area contributed by atoms with E-state index in [1.54, 1.807) is 31.3 Å². The average molecular weight is 666 g/mol. The minimum Gasteiger partial charge on any atom is -0.497 e. The number of rotatable bonds is 11. The van der Waals surface area contributed by atoms with Crippen molar-refractivity contribution in [1.29, 1.82) is 0 Å². The molecule has 0 radical (unpaired) electrons. The van der Waals surface area contributed by atoms with E-state index in [0.29, 0.717) is 61.5 Å². The highest BCUT2D eigenvalue weighted by Crippen LogP contribution is 2.40. The maximum absolute atomic E-state index is 13.4. The van der Waals surface area contributed by atoms with Gasteiger partial charge in [0.1, 0.15) is 12.4 Å². The van der Waals surface area contributed by atoms with Gasteiger partial charge in [-0.25, -0.2) is 4.99 Å². The monoisotopic (exact) mass is 664 g/mol. The summed E-state index contributed by atoms with van der Waals surface area (Å²) in [6, 6.07) is 16.4. The van der Waals surface area contributed by atoms with E-state index in [1.807, 2.05) is 55.5 Å². The third-order valence-electron chi connectivity index (χ3n) is 5.70. The zero-order valence-corrected chi connectivity index (χ0v) is 26.0. The smallest absolute Gasteiger partial charge is 0.266 e. The van der Waals surface area contributed by atoms with Crippen molar-refractivity contribution in [2.45, 2.75) is 13.5 Å². The number of amidine groups is 1. The second kappa shape index (κ2) is 14.3. The molecule has 4 rings (SSSR count). The number of hydrogen-bond donors (Lipinski definition) is 0. The van der Waals surface area contributed by atoms with Gasteiger partial charge in [0.25, 0.3) is 5.91 Å². The molecule has 0 N–H and O–H groups in total. The van der Waals surface area contributed by atoms with Crippen LogP contribution < -0.4 is 14.2 Å². The SMILES string of the molecule is CCOc1cc(/C=C2\SC(=Nc3ccc(OC)cc3)N(CCOC)C2=O)cc(Br)c1OCc1ccc(Cl)c(Cl)c1. The normalized spacial score (nSPS) is 15.2. The lowest BCUT2D eigenvalue weighted by Gasteiger charge is -2.15. The summed E-state index contributed by atoms with van der Waals surface area (Å²) in [5.41, 5.74) is 2.35. The molecule has 40 heavy (non-hydrogen) atoms. The van der Waals surface area contributed by atoms with Gasteiger partial charge in [-0.05, 0) is 100 Å². The summed E-state index contributed by atoms with van der Waals surface area (Å²) in [6.07, 6.45) is 1.82. The summed E-state index contributed by atoms with van der Waals surface area (Å²) in [5, 5.41) is 1.52. The van der Waals surface area contributed by atoms with Gasteiger partial charge in [0.2, 0.25) is 0 Å². The molecule has 0 unspecified atom stereocenters. The molecule has 0 aliphatic carbocycles. The zero-order valence-electron chi connectivity index (χ0n) is 22.1. The first-order chi connectivity index (χ1) is 19.3. The van der Waals surface area contributed by atoms with Crippen LogP contribution in [0.2, 0.25) is 10.0 Å². The van der Waals surface area contributed by atoms with Gasteiger partial charge in [-0.2, -0.15) is 0 Å². The fourth-order valence-electron chi connectivity index (χ4n) is 3.75. The molecule has 3 aromatic rings. The largest absolute Gasteiger partial charge is 0.497 e. The number of thioether (sulfide) groups is 1. The summed E-state index contributed by atoms with van der Waals surface area (Å²) in [5.74, 6) is 1.67. The second-order valence-electron chi connectivity index (χ2n) is 8.45. The molecular weight excluding hydrogens is 639 g/mol. The van der Waals surface area contributed by atoms with Gasteiger partial charge in [-0.1, -0.05) is 29.3 Å². The van der Waals surface area contributed by atoms with E-state index in [4.69, 9.17) is 47.1 Å². The summed E-state index contributed by atoms with van der Waals surface area (Å²) in [7, 11) is 3.21. The number of aliphatic imine (C=N–C) groups is 1. The highest BCUT2D eigenvalue weighted by molar-refractivity contribution is 9.10. The van der Waals surface area contributed by atoms with Gasteiger partial charge in [-0.15, -0.1) is 0 Å². The Kier molecular flexibility index (Phi) is 10.8. The lowest BCUT2D eigenvalue weighted by molar-refractivity contribution is -0.122. The van der Waals surface area contributed by atoms with Gasteiger partial charge < -0.3 is 18.9 Å². The predicted molar refractivity (Wildman–Crippen MR) is 165 cm³/mol. The first kappa shape index (κ1) is 30.3. The van der Waals surface area contributed by atoms with E-state index in [9.17, 15) is 4.79 Å². The van der Waals surface area contributed by atoms with E-state index in [0.717, 1.165) is 16.9 Å². The van der Waals surface area contributed by atoms with E-state index in [-0.39, 0.29) is 12.5 Å². The van der Waals surface area contributed by atoms with Crippen LogP contribution in [-0.4, -0.2) is 50.0 Å². The molecule has 7 nitrogen and oxygen atoms in total. The lowest BCUT2D eigenvalue weighted by atomic mass is 10.1. The van der Waals surface area contributed by atoms with Gasteiger partial charge in [0, 0.05) is 7.11 Å². The molecule has 1 saturated heterocycles. The summed E-state index contributed by atoms with van der Waals surface area (Å²) >= 11 is 17.1. The standard InChI is InChI=1S/C29H27BrCl2N2O5S/c1-4-38-25-15-19(13-22(30)27(25)39-17-18-5-10-23(31)24(32)14-18)16-26-28(35)34(11-12-36-2)29(40-26)33-20-6-8-21(37-3)9-7-20/h5-10,13-16H,4,11-12,17H2,1-3H3/b26-16-,33-29?. The Morgan fingerprint density at radius 2 is 1.80 bits per heavy atom. The van der Waals surface area contributed by atoms with E-state index < -0.39 is 0 Å². The number of ether oxygens (including phenoxy) is 4. The van der Waals surface area contributed by atoms with Crippen LogP contribution in [0, 0.1) is 0 Å². The Labute approximate surface area is 256 Å². The molecule has 0 aromatic heterocycles. The third-order valence-corrected chi connectivity index (χ3v) is 8.04. The van der Waals surface area contributed by atoms with Crippen molar-refractivity contribution in [3.8, 4) is 17.2 Å². The van der Waals surface area contributed by atoms with Crippen LogP contribution in [0.5, 0.6) is 17.2 Å². The highest BCUT2D eigenvalue weighted by atomic mass is 79.9. The topological polar surface area (TPSA) is 69.6 Å². The lowest BCUT2D eigenvalue weighted by Crippen LogP contribution is -2.32. The zero-order chi connectivity index (χ0) is 28.6. The fraction of sp³-hybridized carbons (Fsp3) is 0.241. The van der Waals surface area contributed by atoms with Crippen LogP contribution >= 0.6 is 50.9 Å². The summed E-state index contributed by atoms with van der Waals surface area (Å²) < 4.78 is 23.1. The average Bonchev–Trinajstić information content (AvgIpc) is 3.22. The molecule has 1 fully saturated rings. The van der Waals surface area contributed by atoms with Crippen molar-refractivity contribution < 1.29 is 23.7 Å². The summed E-state index contributed by atoms with van der Waals surface area (Å²) in [4.78, 5) is 20.2. The Bertz CT molecular complexity index is 1430. The van der Waals surface area contributed by atoms with Crippen molar-refractivity contribution in [2.75, 3.05) is 34.0 Å². The fourth-order valence-corrected chi connectivity index (χ4v) is 5.67. The molecule has 0 saturated carbocycles. The van der Waals surface area contributed by atoms with Crippen LogP contribution in [0.25, 0.3) is 6.08 Å². The highest BCUT2D eigenvalue weighted by Gasteiger charge is 2.33. The molecule has 210 valence electrons. The molecule has 11 heteroatoms. The molecular formula is C29H27BrCl2N2O5S. The van der Waals surface area contributed by atoms with E-state index in [2.05, 4.69) is 15.9 Å². The van der Waals surface area contributed by atoms with Gasteiger partial charge in [0.05, 0.1) is 52.0 Å². The number of halogens is 3. The number of amides is 1.